The summed E-state index contributed by atoms with van der Waals surface area (Å²) in [4.78, 5) is 7.17. The Balaban J connectivity index is 0.00000784. The molecule has 1 rings (SSSR count). The molecular formula is C20H42IN7O. The third-order valence-electron chi connectivity index (χ3n) is 4.82. The van der Waals surface area contributed by atoms with E-state index in [1.165, 1.54) is 6.42 Å². The van der Waals surface area contributed by atoms with Crippen LogP contribution in [-0.2, 0) is 17.7 Å². The first-order valence-electron chi connectivity index (χ1n) is 10.8. The van der Waals surface area contributed by atoms with Gasteiger partial charge < -0.3 is 24.8 Å². The fraction of sp³-hybridized carbons (Fsp3) is 0.850. The topological polar surface area (TPSA) is 79.6 Å². The van der Waals surface area contributed by atoms with Gasteiger partial charge in [-0.3, -0.25) is 4.99 Å². The summed E-state index contributed by atoms with van der Waals surface area (Å²) in [5.41, 5.74) is 0. The van der Waals surface area contributed by atoms with Crippen LogP contribution in [-0.4, -0.2) is 78.1 Å². The summed E-state index contributed by atoms with van der Waals surface area (Å²) in [6.45, 7) is 15.3. The number of hydrogen-bond donors (Lipinski definition) is 2. The van der Waals surface area contributed by atoms with Crippen molar-refractivity contribution in [2.45, 2.75) is 66.0 Å². The first kappa shape index (κ1) is 28.1. The van der Waals surface area contributed by atoms with Crippen molar-refractivity contribution >= 4 is 29.9 Å². The van der Waals surface area contributed by atoms with Gasteiger partial charge in [-0.25, -0.2) is 0 Å². The molecule has 0 aromatic carbocycles. The Morgan fingerprint density at radius 3 is 2.69 bits per heavy atom. The van der Waals surface area contributed by atoms with Gasteiger partial charge in [0, 0.05) is 45.8 Å². The van der Waals surface area contributed by atoms with Crippen LogP contribution in [0, 0.1) is 0 Å². The van der Waals surface area contributed by atoms with Gasteiger partial charge in [-0.05, 0) is 45.8 Å². The van der Waals surface area contributed by atoms with E-state index in [0.29, 0.717) is 6.04 Å². The Morgan fingerprint density at radius 1 is 1.28 bits per heavy atom. The number of hydrogen-bond acceptors (Lipinski definition) is 5. The van der Waals surface area contributed by atoms with Gasteiger partial charge in [0.25, 0.3) is 0 Å². The quantitative estimate of drug-likeness (QED) is 0.159. The molecule has 0 radical (unpaired) electrons. The fourth-order valence-electron chi connectivity index (χ4n) is 3.05. The lowest BCUT2D eigenvalue weighted by Crippen LogP contribution is -2.43. The van der Waals surface area contributed by atoms with Crippen molar-refractivity contribution < 1.29 is 4.74 Å². The predicted molar refractivity (Wildman–Crippen MR) is 131 cm³/mol. The molecule has 0 fully saturated rings. The molecule has 0 amide bonds. The molecule has 0 saturated carbocycles. The Bertz CT molecular complexity index is 535. The monoisotopic (exact) mass is 523 g/mol. The fourth-order valence-corrected chi connectivity index (χ4v) is 3.05. The van der Waals surface area contributed by atoms with E-state index in [4.69, 9.17) is 9.73 Å². The van der Waals surface area contributed by atoms with Crippen LogP contribution in [0.1, 0.15) is 52.8 Å². The molecule has 0 aliphatic rings. The Kier molecular flexibility index (Phi) is 17.3. The highest BCUT2D eigenvalue weighted by Crippen LogP contribution is 2.00. The van der Waals surface area contributed by atoms with Crippen molar-refractivity contribution in [1.29, 1.82) is 0 Å². The van der Waals surface area contributed by atoms with Crippen molar-refractivity contribution in [3.63, 3.8) is 0 Å². The standard InChI is InChI=1S/C20H41N7O.HI/c1-6-19-25-23-17-27(19)15-13-22-20(21-12-10-16-28-5)24-18(4)11-9-14-26(7-2)8-3;/h17-18H,6-16H2,1-5H3,(H2,21,22,24);1H. The molecule has 29 heavy (non-hydrogen) atoms. The summed E-state index contributed by atoms with van der Waals surface area (Å²) in [5.74, 6) is 1.88. The van der Waals surface area contributed by atoms with Crippen LogP contribution in [0.5, 0.6) is 0 Å². The maximum atomic E-state index is 5.13. The van der Waals surface area contributed by atoms with E-state index in [1.807, 2.05) is 0 Å². The zero-order valence-corrected chi connectivity index (χ0v) is 21.3. The first-order valence-corrected chi connectivity index (χ1v) is 10.8. The SMILES string of the molecule is CCc1nncn1CCNC(=NCCCOC)NC(C)CCCN(CC)CC.I. The highest BCUT2D eigenvalue weighted by atomic mass is 127. The van der Waals surface area contributed by atoms with Gasteiger partial charge in [-0.1, -0.05) is 20.8 Å². The lowest BCUT2D eigenvalue weighted by molar-refractivity contribution is 0.197. The minimum absolute atomic E-state index is 0. The van der Waals surface area contributed by atoms with Crippen LogP contribution >= 0.6 is 24.0 Å². The maximum absolute atomic E-state index is 5.13. The van der Waals surface area contributed by atoms with E-state index in [2.05, 4.69) is 58.0 Å². The lowest BCUT2D eigenvalue weighted by atomic mass is 10.2. The van der Waals surface area contributed by atoms with Gasteiger partial charge in [0.2, 0.25) is 0 Å². The summed E-state index contributed by atoms with van der Waals surface area (Å²) in [5, 5.41) is 15.1. The van der Waals surface area contributed by atoms with Gasteiger partial charge in [-0.15, -0.1) is 34.2 Å². The van der Waals surface area contributed by atoms with E-state index < -0.39 is 0 Å². The molecule has 170 valence electrons. The second-order valence-corrected chi connectivity index (χ2v) is 7.01. The number of rotatable bonds is 15. The molecule has 0 aliphatic carbocycles. The zero-order chi connectivity index (χ0) is 20.6. The number of ether oxygens (including phenoxy) is 1. The zero-order valence-electron chi connectivity index (χ0n) is 19.0. The van der Waals surface area contributed by atoms with Crippen LogP contribution in [0.15, 0.2) is 11.3 Å². The molecule has 0 bridgehead atoms. The highest BCUT2D eigenvalue weighted by Gasteiger charge is 2.08. The van der Waals surface area contributed by atoms with E-state index in [0.717, 1.165) is 76.9 Å². The highest BCUT2D eigenvalue weighted by molar-refractivity contribution is 14.0. The number of guanidine groups is 1. The molecule has 0 saturated heterocycles. The van der Waals surface area contributed by atoms with E-state index in [-0.39, 0.29) is 24.0 Å². The van der Waals surface area contributed by atoms with Crippen molar-refractivity contribution in [3.05, 3.63) is 12.2 Å². The van der Waals surface area contributed by atoms with E-state index >= 15 is 0 Å². The number of aliphatic imine (C=N–C) groups is 1. The minimum atomic E-state index is 0. The molecular weight excluding hydrogens is 481 g/mol. The lowest BCUT2D eigenvalue weighted by Gasteiger charge is -2.21. The average molecular weight is 524 g/mol. The molecule has 1 heterocycles. The van der Waals surface area contributed by atoms with Crippen molar-refractivity contribution in [2.75, 3.05) is 46.4 Å². The van der Waals surface area contributed by atoms with Crippen LogP contribution in [0.4, 0.5) is 0 Å². The molecule has 1 atom stereocenters. The second kappa shape index (κ2) is 17.9. The van der Waals surface area contributed by atoms with Gasteiger partial charge in [0.15, 0.2) is 5.96 Å². The molecule has 2 N–H and O–H groups in total. The number of halogens is 1. The van der Waals surface area contributed by atoms with E-state index in [9.17, 15) is 0 Å². The number of nitrogens with one attached hydrogen (secondary N) is 2. The Hall–Kier alpha value is -0.940. The third-order valence-corrected chi connectivity index (χ3v) is 4.82. The number of aromatic nitrogens is 3. The molecule has 1 aromatic rings. The molecule has 0 aliphatic heterocycles. The van der Waals surface area contributed by atoms with Crippen molar-refractivity contribution in [1.82, 2.24) is 30.3 Å². The normalized spacial score (nSPS) is 12.7. The molecule has 9 heteroatoms. The van der Waals surface area contributed by atoms with Crippen LogP contribution < -0.4 is 10.6 Å². The maximum Gasteiger partial charge on any atom is 0.191 e. The first-order chi connectivity index (χ1) is 13.6. The number of methoxy groups -OCH3 is 1. The van der Waals surface area contributed by atoms with Gasteiger partial charge >= 0.3 is 0 Å². The molecule has 0 spiro atoms. The number of aryl methyl sites for hydroxylation is 1. The molecule has 1 aromatic heterocycles. The van der Waals surface area contributed by atoms with Crippen LogP contribution in [0.2, 0.25) is 0 Å². The van der Waals surface area contributed by atoms with Crippen molar-refractivity contribution in [2.24, 2.45) is 4.99 Å². The summed E-state index contributed by atoms with van der Waals surface area (Å²) >= 11 is 0. The second-order valence-electron chi connectivity index (χ2n) is 7.01. The summed E-state index contributed by atoms with van der Waals surface area (Å²) < 4.78 is 7.21. The average Bonchev–Trinajstić information content (AvgIpc) is 3.16. The molecule has 8 nitrogen and oxygen atoms in total. The van der Waals surface area contributed by atoms with Crippen molar-refractivity contribution in [3.8, 4) is 0 Å². The summed E-state index contributed by atoms with van der Waals surface area (Å²) in [6.07, 6.45) is 5.91. The van der Waals surface area contributed by atoms with Crippen LogP contribution in [0.25, 0.3) is 0 Å². The van der Waals surface area contributed by atoms with Gasteiger partial charge in [-0.2, -0.15) is 0 Å². The third kappa shape index (κ3) is 12.4. The van der Waals surface area contributed by atoms with Gasteiger partial charge in [0.1, 0.15) is 12.2 Å². The van der Waals surface area contributed by atoms with Gasteiger partial charge in [0.05, 0.1) is 0 Å². The summed E-state index contributed by atoms with van der Waals surface area (Å²) in [6, 6.07) is 0.380. The van der Waals surface area contributed by atoms with Crippen LogP contribution in [0.3, 0.4) is 0 Å². The Morgan fingerprint density at radius 2 is 2.03 bits per heavy atom. The summed E-state index contributed by atoms with van der Waals surface area (Å²) in [7, 11) is 1.73. The number of nitrogens with zero attached hydrogens (tertiary/aromatic N) is 5. The smallest absolute Gasteiger partial charge is 0.191 e. The largest absolute Gasteiger partial charge is 0.385 e. The predicted octanol–water partition coefficient (Wildman–Crippen LogP) is 2.54. The molecule has 1 unspecified atom stereocenters. The Labute approximate surface area is 194 Å². The van der Waals surface area contributed by atoms with E-state index in [1.54, 1.807) is 13.4 Å². The minimum Gasteiger partial charge on any atom is -0.385 e.